The van der Waals surface area contributed by atoms with Crippen molar-refractivity contribution in [2.24, 2.45) is 5.41 Å². The molecule has 12 heteroatoms. The number of carbonyl (C=O) groups excluding carboxylic acids is 3. The predicted molar refractivity (Wildman–Crippen MR) is 130 cm³/mol. The average molecular weight is 498 g/mol. The second-order valence-electron chi connectivity index (χ2n) is 8.66. The molecule has 2 N–H and O–H groups in total. The smallest absolute Gasteiger partial charge is 0.244 e. The van der Waals surface area contributed by atoms with Crippen LogP contribution in [0.5, 0.6) is 5.75 Å². The second kappa shape index (κ2) is 11.4. The lowest BCUT2D eigenvalue weighted by Crippen LogP contribution is -2.41. The third-order valence-corrected chi connectivity index (χ3v) is 5.31. The summed E-state index contributed by atoms with van der Waals surface area (Å²) >= 11 is 0. The third-order valence-electron chi connectivity index (χ3n) is 5.31. The van der Waals surface area contributed by atoms with E-state index < -0.39 is 23.0 Å². The van der Waals surface area contributed by atoms with Crippen LogP contribution in [0.2, 0.25) is 0 Å². The van der Waals surface area contributed by atoms with E-state index in [9.17, 15) is 18.8 Å². The van der Waals surface area contributed by atoms with E-state index in [1.54, 1.807) is 7.05 Å². The van der Waals surface area contributed by atoms with E-state index in [-0.39, 0.29) is 18.4 Å². The number of amides is 3. The predicted octanol–water partition coefficient (Wildman–Crippen LogP) is 2.26. The Hall–Kier alpha value is -4.35. The first-order valence-electron chi connectivity index (χ1n) is 11.1. The molecule has 36 heavy (non-hydrogen) atoms. The van der Waals surface area contributed by atoms with E-state index >= 15 is 0 Å². The van der Waals surface area contributed by atoms with Gasteiger partial charge in [-0.25, -0.2) is 14.4 Å². The lowest BCUT2D eigenvalue weighted by Gasteiger charge is -2.21. The molecule has 0 radical (unpaired) electrons. The Bertz CT molecular complexity index is 1210. The van der Waals surface area contributed by atoms with Gasteiger partial charge < -0.3 is 15.0 Å². The number of anilines is 2. The van der Waals surface area contributed by atoms with Crippen molar-refractivity contribution in [1.82, 2.24) is 24.6 Å². The van der Waals surface area contributed by atoms with Crippen LogP contribution >= 0.6 is 0 Å². The van der Waals surface area contributed by atoms with Crippen LogP contribution in [-0.2, 0) is 20.9 Å². The summed E-state index contributed by atoms with van der Waals surface area (Å²) in [6.45, 7) is 5.52. The van der Waals surface area contributed by atoms with Gasteiger partial charge in [0.1, 0.15) is 24.3 Å². The van der Waals surface area contributed by atoms with Gasteiger partial charge in [0, 0.05) is 13.2 Å². The van der Waals surface area contributed by atoms with Crippen molar-refractivity contribution in [2.45, 2.75) is 27.3 Å². The Morgan fingerprint density at radius 3 is 2.36 bits per heavy atom. The van der Waals surface area contributed by atoms with Crippen molar-refractivity contribution in [1.29, 1.82) is 0 Å². The Balaban J connectivity index is 1.48. The Morgan fingerprint density at radius 2 is 1.69 bits per heavy atom. The van der Waals surface area contributed by atoms with Gasteiger partial charge in [-0.1, -0.05) is 17.7 Å². The molecule has 0 aliphatic carbocycles. The molecule has 0 unspecified atom stereocenters. The monoisotopic (exact) mass is 497 g/mol. The SMILES string of the molecule is Cc1ccc(OCCN(C)C(=O)Cn2cc(NC(=O)C(C)(C)C(=O)Nc3ncc(F)cn3)cn2)cc1. The van der Waals surface area contributed by atoms with Crippen LogP contribution in [0, 0.1) is 18.2 Å². The number of hydrogen-bond acceptors (Lipinski definition) is 7. The average Bonchev–Trinajstić information content (AvgIpc) is 3.28. The highest BCUT2D eigenvalue weighted by Gasteiger charge is 2.37. The molecule has 0 atom stereocenters. The van der Waals surface area contributed by atoms with E-state index in [0.29, 0.717) is 18.8 Å². The van der Waals surface area contributed by atoms with Crippen molar-refractivity contribution >= 4 is 29.4 Å². The molecule has 1 aromatic carbocycles. The highest BCUT2D eigenvalue weighted by atomic mass is 19.1. The number of benzene rings is 1. The van der Waals surface area contributed by atoms with Gasteiger partial charge in [-0.05, 0) is 32.9 Å². The van der Waals surface area contributed by atoms with Crippen LogP contribution in [-0.4, -0.2) is 62.6 Å². The summed E-state index contributed by atoms with van der Waals surface area (Å²) in [6, 6.07) is 7.65. The highest BCUT2D eigenvalue weighted by molar-refractivity contribution is 6.13. The van der Waals surface area contributed by atoms with Gasteiger partial charge in [0.05, 0.1) is 30.8 Å². The number of ether oxygens (including phenoxy) is 1. The largest absolute Gasteiger partial charge is 0.492 e. The molecule has 3 aromatic rings. The van der Waals surface area contributed by atoms with Crippen LogP contribution in [0.15, 0.2) is 49.1 Å². The molecule has 0 saturated heterocycles. The van der Waals surface area contributed by atoms with Gasteiger partial charge in [0.15, 0.2) is 5.82 Å². The normalized spacial score (nSPS) is 11.0. The number of halogens is 1. The van der Waals surface area contributed by atoms with Crippen LogP contribution in [0.4, 0.5) is 16.0 Å². The summed E-state index contributed by atoms with van der Waals surface area (Å²) < 4.78 is 20.0. The van der Waals surface area contributed by atoms with Crippen LogP contribution in [0.3, 0.4) is 0 Å². The summed E-state index contributed by atoms with van der Waals surface area (Å²) in [5, 5.41) is 9.09. The highest BCUT2D eigenvalue weighted by Crippen LogP contribution is 2.20. The first-order valence-corrected chi connectivity index (χ1v) is 11.1. The van der Waals surface area contributed by atoms with Gasteiger partial charge in [-0.2, -0.15) is 5.10 Å². The number of likely N-dealkylation sites (N-methyl/N-ethyl adjacent to an activating group) is 1. The van der Waals surface area contributed by atoms with Gasteiger partial charge in [0.25, 0.3) is 0 Å². The lowest BCUT2D eigenvalue weighted by molar-refractivity contribution is -0.135. The number of hydrogen-bond donors (Lipinski definition) is 2. The zero-order valence-electron chi connectivity index (χ0n) is 20.5. The van der Waals surface area contributed by atoms with Gasteiger partial charge in [0.2, 0.25) is 23.7 Å². The van der Waals surface area contributed by atoms with Crippen molar-refractivity contribution in [3.05, 3.63) is 60.4 Å². The molecular formula is C24H28FN7O4. The fraction of sp³-hybridized carbons (Fsp3) is 0.333. The molecule has 0 bridgehead atoms. The summed E-state index contributed by atoms with van der Waals surface area (Å²) in [6.07, 6.45) is 4.67. The number of nitrogens with zero attached hydrogens (tertiary/aromatic N) is 5. The van der Waals surface area contributed by atoms with Crippen molar-refractivity contribution in [3.63, 3.8) is 0 Å². The van der Waals surface area contributed by atoms with Crippen LogP contribution in [0.1, 0.15) is 19.4 Å². The van der Waals surface area contributed by atoms with E-state index in [1.807, 2.05) is 31.2 Å². The molecule has 0 aliphatic heterocycles. The summed E-state index contributed by atoms with van der Waals surface area (Å²) in [5.41, 5.74) is -0.0548. The Kier molecular flexibility index (Phi) is 8.30. The first-order chi connectivity index (χ1) is 17.0. The molecule has 190 valence electrons. The summed E-state index contributed by atoms with van der Waals surface area (Å²) in [5.74, 6) is -1.52. The molecule has 0 fully saturated rings. The number of rotatable bonds is 10. The number of nitrogens with one attached hydrogen (secondary N) is 2. The number of aromatic nitrogens is 4. The Morgan fingerprint density at radius 1 is 1.06 bits per heavy atom. The maximum atomic E-state index is 12.9. The first kappa shape index (κ1) is 26.3. The van der Waals surface area contributed by atoms with Crippen LogP contribution < -0.4 is 15.4 Å². The molecule has 3 amide bonds. The van der Waals surface area contributed by atoms with Crippen LogP contribution in [0.25, 0.3) is 0 Å². The van der Waals surface area contributed by atoms with Gasteiger partial charge in [-0.15, -0.1) is 0 Å². The zero-order valence-corrected chi connectivity index (χ0v) is 20.5. The molecule has 2 heterocycles. The molecule has 3 rings (SSSR count). The van der Waals surface area contributed by atoms with E-state index in [1.165, 1.54) is 35.8 Å². The maximum absolute atomic E-state index is 12.9. The summed E-state index contributed by atoms with van der Waals surface area (Å²) in [7, 11) is 1.67. The van der Waals surface area contributed by atoms with Gasteiger partial charge in [-0.3, -0.25) is 24.4 Å². The van der Waals surface area contributed by atoms with E-state index in [2.05, 4.69) is 25.7 Å². The van der Waals surface area contributed by atoms with E-state index in [4.69, 9.17) is 4.74 Å². The minimum atomic E-state index is -1.51. The zero-order chi connectivity index (χ0) is 26.3. The summed E-state index contributed by atoms with van der Waals surface area (Å²) in [4.78, 5) is 46.6. The van der Waals surface area contributed by atoms with Crippen molar-refractivity contribution in [2.75, 3.05) is 30.8 Å². The van der Waals surface area contributed by atoms with Crippen molar-refractivity contribution < 1.29 is 23.5 Å². The molecule has 0 saturated carbocycles. The number of aryl methyl sites for hydroxylation is 1. The minimum absolute atomic E-state index is 0.0390. The van der Waals surface area contributed by atoms with E-state index in [0.717, 1.165) is 23.7 Å². The maximum Gasteiger partial charge on any atom is 0.244 e. The molecular weight excluding hydrogens is 469 g/mol. The minimum Gasteiger partial charge on any atom is -0.492 e. The molecule has 0 aliphatic rings. The van der Waals surface area contributed by atoms with Crippen molar-refractivity contribution in [3.8, 4) is 5.75 Å². The third kappa shape index (κ3) is 7.08. The Labute approximate surface area is 207 Å². The fourth-order valence-electron chi connectivity index (χ4n) is 2.86. The lowest BCUT2D eigenvalue weighted by atomic mass is 9.91. The molecule has 2 aromatic heterocycles. The molecule has 0 spiro atoms. The quantitative estimate of drug-likeness (QED) is 0.411. The number of carbonyl (C=O) groups is 3. The van der Waals surface area contributed by atoms with Gasteiger partial charge >= 0.3 is 0 Å². The topological polar surface area (TPSA) is 131 Å². The fourth-order valence-corrected chi connectivity index (χ4v) is 2.86. The second-order valence-corrected chi connectivity index (χ2v) is 8.66. The molecule has 11 nitrogen and oxygen atoms in total. The standard InChI is InChI=1S/C24H28FN7O4/c1-16-5-7-19(8-6-16)36-10-9-31(4)20(33)15-32-14-18(13-28-32)29-21(34)24(2,3)22(35)30-23-26-11-17(25)12-27-23/h5-8,11-14H,9-10,15H2,1-4H3,(H,29,34)(H,26,27,30,35).